The molecule has 0 fully saturated rings. The summed E-state index contributed by atoms with van der Waals surface area (Å²) >= 11 is 5.73. The summed E-state index contributed by atoms with van der Waals surface area (Å²) in [6.45, 7) is 0. The lowest BCUT2D eigenvalue weighted by Gasteiger charge is -2.14. The highest BCUT2D eigenvalue weighted by Crippen LogP contribution is 2.30. The van der Waals surface area contributed by atoms with E-state index in [0.29, 0.717) is 23.0 Å². The Morgan fingerprint density at radius 2 is 1.92 bits per heavy atom. The lowest BCUT2D eigenvalue weighted by atomic mass is 10.1. The minimum absolute atomic E-state index is 0.120. The van der Waals surface area contributed by atoms with Crippen molar-refractivity contribution in [2.45, 2.75) is 12.6 Å². The Hall–Kier alpha value is -2.34. The number of aromatic nitrogens is 2. The van der Waals surface area contributed by atoms with Crippen molar-refractivity contribution in [2.24, 2.45) is 0 Å². The highest BCUT2D eigenvalue weighted by atomic mass is 35.5. The molecule has 0 atom stereocenters. The molecule has 1 aromatic carbocycles. The molecule has 0 amide bonds. The third-order valence-electron chi connectivity index (χ3n) is 3.63. The second-order valence-corrected chi connectivity index (χ2v) is 5.59. The van der Waals surface area contributed by atoms with Crippen LogP contribution in [-0.2, 0) is 12.6 Å². The van der Waals surface area contributed by atoms with E-state index in [1.165, 1.54) is 22.9 Å². The van der Waals surface area contributed by atoms with Crippen molar-refractivity contribution in [2.75, 3.05) is 5.88 Å². The van der Waals surface area contributed by atoms with Gasteiger partial charge in [0.1, 0.15) is 5.65 Å². The van der Waals surface area contributed by atoms with Gasteiger partial charge >= 0.3 is 6.18 Å². The number of pyridine rings is 2. The maximum atomic E-state index is 13.0. The standard InChI is InChI=1S/C17H12ClF3N2O/c18-7-6-12-9-11-3-2-8-22-15(11)23(16(12)24)14-5-1-4-13(10-14)17(19,20)21/h1-5,8-10H,6-7H2. The van der Waals surface area contributed by atoms with E-state index < -0.39 is 17.3 Å². The fourth-order valence-corrected chi connectivity index (χ4v) is 2.74. The van der Waals surface area contributed by atoms with Gasteiger partial charge in [-0.15, -0.1) is 11.6 Å². The van der Waals surface area contributed by atoms with Crippen molar-refractivity contribution >= 4 is 22.6 Å². The number of hydrogen-bond donors (Lipinski definition) is 0. The zero-order valence-corrected chi connectivity index (χ0v) is 13.1. The predicted molar refractivity (Wildman–Crippen MR) is 86.8 cm³/mol. The van der Waals surface area contributed by atoms with Crippen LogP contribution in [0.5, 0.6) is 0 Å². The van der Waals surface area contributed by atoms with Crippen molar-refractivity contribution in [1.29, 1.82) is 0 Å². The average Bonchev–Trinajstić information content (AvgIpc) is 2.55. The summed E-state index contributed by atoms with van der Waals surface area (Å²) in [5.41, 5.74) is -0.377. The molecule has 0 aliphatic rings. The first-order chi connectivity index (χ1) is 11.4. The number of rotatable bonds is 3. The minimum atomic E-state index is -4.49. The molecule has 3 aromatic rings. The highest BCUT2D eigenvalue weighted by Gasteiger charge is 2.30. The topological polar surface area (TPSA) is 34.9 Å². The summed E-state index contributed by atoms with van der Waals surface area (Å²) < 4.78 is 40.1. The van der Waals surface area contributed by atoms with E-state index >= 15 is 0 Å². The first-order valence-corrected chi connectivity index (χ1v) is 7.68. The summed E-state index contributed by atoms with van der Waals surface area (Å²) in [4.78, 5) is 16.9. The van der Waals surface area contributed by atoms with Gasteiger partial charge in [-0.3, -0.25) is 9.36 Å². The Balaban J connectivity index is 2.33. The zero-order valence-electron chi connectivity index (χ0n) is 12.3. The normalized spacial score (nSPS) is 11.8. The number of halogens is 4. The predicted octanol–water partition coefficient (Wildman–Crippen LogP) is 4.19. The molecule has 2 heterocycles. The lowest BCUT2D eigenvalue weighted by Crippen LogP contribution is -2.24. The van der Waals surface area contributed by atoms with Crippen LogP contribution in [0.3, 0.4) is 0 Å². The SMILES string of the molecule is O=c1c(CCCl)cc2cccnc2n1-c1cccc(C(F)(F)F)c1. The van der Waals surface area contributed by atoms with Gasteiger partial charge in [0.15, 0.2) is 0 Å². The van der Waals surface area contributed by atoms with Crippen LogP contribution >= 0.6 is 11.6 Å². The van der Waals surface area contributed by atoms with Crippen molar-refractivity contribution in [3.05, 3.63) is 70.1 Å². The van der Waals surface area contributed by atoms with E-state index in [1.54, 1.807) is 18.2 Å². The van der Waals surface area contributed by atoms with Crippen LogP contribution in [0.1, 0.15) is 11.1 Å². The van der Waals surface area contributed by atoms with Gasteiger partial charge in [-0.05, 0) is 42.8 Å². The van der Waals surface area contributed by atoms with Gasteiger partial charge in [-0.1, -0.05) is 6.07 Å². The Kier molecular flexibility index (Phi) is 4.32. The largest absolute Gasteiger partial charge is 0.416 e. The molecule has 0 radical (unpaired) electrons. The van der Waals surface area contributed by atoms with Gasteiger partial charge < -0.3 is 0 Å². The molecule has 124 valence electrons. The monoisotopic (exact) mass is 352 g/mol. The highest BCUT2D eigenvalue weighted by molar-refractivity contribution is 6.18. The number of fused-ring (bicyclic) bond motifs is 1. The third-order valence-corrected chi connectivity index (χ3v) is 3.82. The lowest BCUT2D eigenvalue weighted by molar-refractivity contribution is -0.137. The Bertz CT molecular complexity index is 950. The molecule has 3 nitrogen and oxygen atoms in total. The molecule has 0 bridgehead atoms. The molecular formula is C17H12ClF3N2O. The molecule has 0 aliphatic heterocycles. The molecule has 0 saturated heterocycles. The van der Waals surface area contributed by atoms with Gasteiger partial charge in [-0.25, -0.2) is 4.98 Å². The molecule has 0 N–H and O–H groups in total. The van der Waals surface area contributed by atoms with Crippen LogP contribution in [0.15, 0.2) is 53.5 Å². The van der Waals surface area contributed by atoms with Crippen LogP contribution in [0, 0.1) is 0 Å². The molecule has 0 saturated carbocycles. The minimum Gasteiger partial charge on any atom is -0.269 e. The maximum absolute atomic E-state index is 13.0. The van der Waals surface area contributed by atoms with Crippen molar-refractivity contribution in [3.8, 4) is 5.69 Å². The zero-order chi connectivity index (χ0) is 17.3. The number of benzene rings is 1. The Morgan fingerprint density at radius 1 is 1.12 bits per heavy atom. The van der Waals surface area contributed by atoms with Gasteiger partial charge in [0, 0.05) is 23.0 Å². The fraction of sp³-hybridized carbons (Fsp3) is 0.176. The molecule has 7 heteroatoms. The van der Waals surface area contributed by atoms with Gasteiger partial charge in [0.05, 0.1) is 11.3 Å². The molecule has 0 unspecified atom stereocenters. The second-order valence-electron chi connectivity index (χ2n) is 5.21. The number of nitrogens with zero attached hydrogens (tertiary/aromatic N) is 2. The smallest absolute Gasteiger partial charge is 0.269 e. The molecule has 24 heavy (non-hydrogen) atoms. The molecule has 2 aromatic heterocycles. The Morgan fingerprint density at radius 3 is 2.62 bits per heavy atom. The van der Waals surface area contributed by atoms with E-state index in [4.69, 9.17) is 11.6 Å². The first-order valence-electron chi connectivity index (χ1n) is 7.15. The van der Waals surface area contributed by atoms with Crippen LogP contribution in [0.2, 0.25) is 0 Å². The quantitative estimate of drug-likeness (QED) is 0.663. The van der Waals surface area contributed by atoms with E-state index in [2.05, 4.69) is 4.98 Å². The summed E-state index contributed by atoms with van der Waals surface area (Å²) in [6, 6.07) is 9.77. The average molecular weight is 353 g/mol. The van der Waals surface area contributed by atoms with Crippen molar-refractivity contribution in [1.82, 2.24) is 9.55 Å². The fourth-order valence-electron chi connectivity index (χ4n) is 2.54. The van der Waals surface area contributed by atoms with Crippen molar-refractivity contribution in [3.63, 3.8) is 0 Å². The summed E-state index contributed by atoms with van der Waals surface area (Å²) in [5.74, 6) is 0.240. The third kappa shape index (κ3) is 3.01. The number of alkyl halides is 4. The second kappa shape index (κ2) is 6.28. The van der Waals surface area contributed by atoms with Crippen LogP contribution in [0.4, 0.5) is 13.2 Å². The van der Waals surface area contributed by atoms with Crippen LogP contribution in [-0.4, -0.2) is 15.4 Å². The number of hydrogen-bond acceptors (Lipinski definition) is 2. The molecule has 3 rings (SSSR count). The summed E-state index contributed by atoms with van der Waals surface area (Å²) in [7, 11) is 0. The molecule has 0 spiro atoms. The molecular weight excluding hydrogens is 341 g/mol. The van der Waals surface area contributed by atoms with E-state index in [-0.39, 0.29) is 11.6 Å². The maximum Gasteiger partial charge on any atom is 0.416 e. The van der Waals surface area contributed by atoms with E-state index in [9.17, 15) is 18.0 Å². The first kappa shape index (κ1) is 16.5. The van der Waals surface area contributed by atoms with Gasteiger partial charge in [0.25, 0.3) is 5.56 Å². The summed E-state index contributed by atoms with van der Waals surface area (Å²) in [5, 5.41) is 0.662. The van der Waals surface area contributed by atoms with Gasteiger partial charge in [-0.2, -0.15) is 13.2 Å². The van der Waals surface area contributed by atoms with E-state index in [1.807, 2.05) is 0 Å². The molecule has 0 aliphatic carbocycles. The van der Waals surface area contributed by atoms with Crippen molar-refractivity contribution < 1.29 is 13.2 Å². The number of aryl methyl sites for hydroxylation is 1. The Labute approximate surface area is 140 Å². The van der Waals surface area contributed by atoms with Gasteiger partial charge in [0.2, 0.25) is 0 Å². The summed E-state index contributed by atoms with van der Waals surface area (Å²) in [6.07, 6.45) is -2.67. The van der Waals surface area contributed by atoms with E-state index in [0.717, 1.165) is 12.1 Å². The van der Waals surface area contributed by atoms with Crippen LogP contribution in [0.25, 0.3) is 16.7 Å². The van der Waals surface area contributed by atoms with Crippen LogP contribution < -0.4 is 5.56 Å².